The van der Waals surface area contributed by atoms with Crippen LogP contribution >= 0.6 is 0 Å². The number of rotatable bonds is 2. The summed E-state index contributed by atoms with van der Waals surface area (Å²) in [4.78, 5) is 0. The highest BCUT2D eigenvalue weighted by Crippen LogP contribution is 2.25. The first-order valence-electron chi connectivity index (χ1n) is 4.91. The van der Waals surface area contributed by atoms with Crippen LogP contribution in [0.3, 0.4) is 0 Å². The lowest BCUT2D eigenvalue weighted by atomic mass is 9.96. The number of hydrogen-bond acceptors (Lipinski definition) is 2. The van der Waals surface area contributed by atoms with Gasteiger partial charge in [0.15, 0.2) is 0 Å². The van der Waals surface area contributed by atoms with Crippen LogP contribution in [0.1, 0.15) is 23.5 Å². The van der Waals surface area contributed by atoms with Crippen molar-refractivity contribution in [2.75, 3.05) is 13.1 Å². The summed E-state index contributed by atoms with van der Waals surface area (Å²) >= 11 is 0. The highest BCUT2D eigenvalue weighted by Gasteiger charge is 2.19. The van der Waals surface area contributed by atoms with Crippen LogP contribution in [-0.2, 0) is 6.61 Å². The molecule has 1 aliphatic heterocycles. The molecule has 2 nitrogen and oxygen atoms in total. The molecule has 1 aliphatic rings. The Labute approximate surface area is 82.8 Å². The van der Waals surface area contributed by atoms with Crippen molar-refractivity contribution in [3.63, 3.8) is 0 Å². The van der Waals surface area contributed by atoms with E-state index in [1.165, 1.54) is 6.07 Å². The van der Waals surface area contributed by atoms with Crippen molar-refractivity contribution >= 4 is 0 Å². The van der Waals surface area contributed by atoms with Gasteiger partial charge in [-0.1, -0.05) is 12.1 Å². The molecule has 1 saturated heterocycles. The van der Waals surface area contributed by atoms with E-state index in [-0.39, 0.29) is 18.3 Å². The topological polar surface area (TPSA) is 32.3 Å². The molecular formula is C11H14FNO. The zero-order valence-electron chi connectivity index (χ0n) is 7.96. The number of benzene rings is 1. The molecule has 76 valence electrons. The second-order valence-electron chi connectivity index (χ2n) is 3.70. The van der Waals surface area contributed by atoms with Gasteiger partial charge < -0.3 is 10.4 Å². The van der Waals surface area contributed by atoms with Crippen LogP contribution in [0.15, 0.2) is 18.2 Å². The van der Waals surface area contributed by atoms with Crippen molar-refractivity contribution in [3.8, 4) is 0 Å². The molecule has 1 aromatic carbocycles. The third-order valence-corrected chi connectivity index (χ3v) is 2.74. The van der Waals surface area contributed by atoms with Crippen LogP contribution in [0.2, 0.25) is 0 Å². The van der Waals surface area contributed by atoms with Crippen LogP contribution in [0.25, 0.3) is 0 Å². The van der Waals surface area contributed by atoms with Gasteiger partial charge in [-0.15, -0.1) is 0 Å². The largest absolute Gasteiger partial charge is 0.392 e. The Hall–Kier alpha value is -0.930. The lowest BCUT2D eigenvalue weighted by molar-refractivity contribution is 0.281. The van der Waals surface area contributed by atoms with E-state index >= 15 is 0 Å². The molecule has 0 spiro atoms. The fourth-order valence-corrected chi connectivity index (χ4v) is 1.92. The van der Waals surface area contributed by atoms with E-state index in [1.807, 2.05) is 0 Å². The average Bonchev–Trinajstić information content (AvgIpc) is 2.71. The van der Waals surface area contributed by atoms with Gasteiger partial charge in [-0.2, -0.15) is 0 Å². The minimum absolute atomic E-state index is 0.0204. The summed E-state index contributed by atoms with van der Waals surface area (Å²) in [6, 6.07) is 4.84. The second-order valence-corrected chi connectivity index (χ2v) is 3.70. The summed E-state index contributed by atoms with van der Waals surface area (Å²) < 4.78 is 13.4. The Kier molecular flexibility index (Phi) is 2.79. The van der Waals surface area contributed by atoms with Gasteiger partial charge in [0.05, 0.1) is 6.61 Å². The van der Waals surface area contributed by atoms with E-state index < -0.39 is 0 Å². The van der Waals surface area contributed by atoms with E-state index in [1.54, 1.807) is 12.1 Å². The highest BCUT2D eigenvalue weighted by molar-refractivity contribution is 5.28. The summed E-state index contributed by atoms with van der Waals surface area (Å²) in [5.74, 6) is 0.109. The van der Waals surface area contributed by atoms with Gasteiger partial charge in [-0.3, -0.25) is 0 Å². The molecule has 1 heterocycles. The van der Waals surface area contributed by atoms with Gasteiger partial charge in [0.1, 0.15) is 5.82 Å². The molecule has 1 unspecified atom stereocenters. The first-order valence-corrected chi connectivity index (χ1v) is 4.91. The Morgan fingerprint density at radius 1 is 1.50 bits per heavy atom. The van der Waals surface area contributed by atoms with E-state index in [0.717, 1.165) is 30.6 Å². The van der Waals surface area contributed by atoms with Crippen LogP contribution in [-0.4, -0.2) is 18.2 Å². The predicted molar refractivity (Wildman–Crippen MR) is 52.6 cm³/mol. The average molecular weight is 195 g/mol. The molecule has 1 aromatic rings. The molecule has 0 aromatic heterocycles. The normalized spacial score (nSPS) is 21.4. The molecule has 0 saturated carbocycles. The maximum absolute atomic E-state index is 13.4. The monoisotopic (exact) mass is 195 g/mol. The summed E-state index contributed by atoms with van der Waals surface area (Å²) in [6.45, 7) is 1.77. The van der Waals surface area contributed by atoms with Crippen molar-refractivity contribution < 1.29 is 9.50 Å². The minimum atomic E-state index is -0.157. The van der Waals surface area contributed by atoms with E-state index in [9.17, 15) is 4.39 Å². The zero-order chi connectivity index (χ0) is 9.97. The fourth-order valence-electron chi connectivity index (χ4n) is 1.92. The fraction of sp³-hybridized carbons (Fsp3) is 0.455. The summed E-state index contributed by atoms with van der Waals surface area (Å²) in [6.07, 6.45) is 0.978. The Bertz CT molecular complexity index is 321. The molecule has 1 fully saturated rings. The SMILES string of the molecule is OCc1ccc(F)c(C2CCNC2)c1. The lowest BCUT2D eigenvalue weighted by Crippen LogP contribution is -2.09. The quantitative estimate of drug-likeness (QED) is 0.747. The van der Waals surface area contributed by atoms with Gasteiger partial charge in [-0.05, 0) is 30.2 Å². The maximum Gasteiger partial charge on any atom is 0.126 e. The van der Waals surface area contributed by atoms with E-state index in [4.69, 9.17) is 5.11 Å². The van der Waals surface area contributed by atoms with Crippen LogP contribution in [0.4, 0.5) is 4.39 Å². The summed E-state index contributed by atoms with van der Waals surface area (Å²) in [5.41, 5.74) is 1.52. The Balaban J connectivity index is 2.29. The molecule has 3 heteroatoms. The first-order chi connectivity index (χ1) is 6.81. The molecule has 0 aliphatic carbocycles. The Morgan fingerprint density at radius 2 is 2.36 bits per heavy atom. The van der Waals surface area contributed by atoms with Crippen LogP contribution in [0.5, 0.6) is 0 Å². The predicted octanol–water partition coefficient (Wildman–Crippen LogP) is 1.39. The summed E-state index contributed by atoms with van der Waals surface area (Å²) in [5, 5.41) is 12.2. The van der Waals surface area contributed by atoms with Gasteiger partial charge in [0.25, 0.3) is 0 Å². The van der Waals surface area contributed by atoms with Crippen molar-refractivity contribution in [1.29, 1.82) is 0 Å². The Morgan fingerprint density at radius 3 is 3.00 bits per heavy atom. The first kappa shape index (κ1) is 9.62. The molecule has 0 radical (unpaired) electrons. The molecular weight excluding hydrogens is 181 g/mol. The van der Waals surface area contributed by atoms with Crippen LogP contribution < -0.4 is 5.32 Å². The number of nitrogens with one attached hydrogen (secondary N) is 1. The van der Waals surface area contributed by atoms with Crippen molar-refractivity contribution in [1.82, 2.24) is 5.32 Å². The second kappa shape index (κ2) is 4.07. The zero-order valence-corrected chi connectivity index (χ0v) is 7.96. The molecule has 1 atom stereocenters. The van der Waals surface area contributed by atoms with Crippen molar-refractivity contribution in [2.45, 2.75) is 18.9 Å². The highest BCUT2D eigenvalue weighted by atomic mass is 19.1. The molecule has 14 heavy (non-hydrogen) atoms. The van der Waals surface area contributed by atoms with Crippen LogP contribution in [0, 0.1) is 5.82 Å². The standard InChI is InChI=1S/C11H14FNO/c12-11-2-1-8(7-14)5-10(11)9-3-4-13-6-9/h1-2,5,9,13-14H,3-4,6-7H2. The van der Waals surface area contributed by atoms with Crippen molar-refractivity contribution in [2.24, 2.45) is 0 Å². The third kappa shape index (κ3) is 1.79. The van der Waals surface area contributed by atoms with E-state index in [2.05, 4.69) is 5.32 Å². The van der Waals surface area contributed by atoms with Gasteiger partial charge >= 0.3 is 0 Å². The number of aliphatic hydroxyl groups excluding tert-OH is 1. The molecule has 2 N–H and O–H groups in total. The van der Waals surface area contributed by atoms with Gasteiger partial charge in [-0.25, -0.2) is 4.39 Å². The van der Waals surface area contributed by atoms with Gasteiger partial charge in [0.2, 0.25) is 0 Å². The minimum Gasteiger partial charge on any atom is -0.392 e. The maximum atomic E-state index is 13.4. The smallest absolute Gasteiger partial charge is 0.126 e. The molecule has 2 rings (SSSR count). The van der Waals surface area contributed by atoms with E-state index in [0.29, 0.717) is 0 Å². The number of halogens is 1. The van der Waals surface area contributed by atoms with Crippen molar-refractivity contribution in [3.05, 3.63) is 35.1 Å². The number of hydrogen-bond donors (Lipinski definition) is 2. The number of aliphatic hydroxyl groups is 1. The molecule has 0 bridgehead atoms. The molecule has 0 amide bonds. The lowest BCUT2D eigenvalue weighted by Gasteiger charge is -2.11. The summed E-state index contributed by atoms with van der Waals surface area (Å²) in [7, 11) is 0. The third-order valence-electron chi connectivity index (χ3n) is 2.74. The van der Waals surface area contributed by atoms with Gasteiger partial charge in [0, 0.05) is 12.5 Å².